The third kappa shape index (κ3) is 4.22. The van der Waals surface area contributed by atoms with Gasteiger partial charge in [0.15, 0.2) is 0 Å². The van der Waals surface area contributed by atoms with E-state index < -0.39 is 0 Å². The van der Waals surface area contributed by atoms with Crippen LogP contribution in [0, 0.1) is 5.92 Å². The Morgan fingerprint density at radius 1 is 1.40 bits per heavy atom. The number of para-hydroxylation sites is 1. The van der Waals surface area contributed by atoms with E-state index in [0.29, 0.717) is 19.1 Å². The second kappa shape index (κ2) is 6.85. The maximum atomic E-state index is 5.72. The average molecular weight is 272 g/mol. The number of rotatable bonds is 6. The van der Waals surface area contributed by atoms with Gasteiger partial charge in [-0.15, -0.1) is 0 Å². The van der Waals surface area contributed by atoms with E-state index in [2.05, 4.69) is 22.9 Å². The molecule has 2 nitrogen and oxygen atoms in total. The van der Waals surface area contributed by atoms with Gasteiger partial charge in [0.1, 0.15) is 5.75 Å². The van der Waals surface area contributed by atoms with E-state index in [0.717, 1.165) is 23.1 Å². The van der Waals surface area contributed by atoms with E-state index in [1.165, 1.54) is 0 Å². The summed E-state index contributed by atoms with van der Waals surface area (Å²) in [5, 5.41) is 0. The van der Waals surface area contributed by atoms with Crippen LogP contribution in [0.5, 0.6) is 5.75 Å². The van der Waals surface area contributed by atoms with Gasteiger partial charge >= 0.3 is 0 Å². The van der Waals surface area contributed by atoms with Gasteiger partial charge in [-0.3, -0.25) is 0 Å². The van der Waals surface area contributed by atoms with E-state index in [1.807, 2.05) is 24.3 Å². The van der Waals surface area contributed by atoms with E-state index in [9.17, 15) is 0 Å². The maximum Gasteiger partial charge on any atom is 0.133 e. The average Bonchev–Trinajstić information content (AvgIpc) is 2.26. The van der Waals surface area contributed by atoms with Crippen molar-refractivity contribution >= 4 is 15.9 Å². The van der Waals surface area contributed by atoms with Gasteiger partial charge in [-0.1, -0.05) is 25.5 Å². The van der Waals surface area contributed by atoms with Crippen LogP contribution in [0.4, 0.5) is 0 Å². The van der Waals surface area contributed by atoms with Crippen molar-refractivity contribution in [1.29, 1.82) is 0 Å². The number of nitrogens with two attached hydrogens (primary N) is 1. The lowest BCUT2D eigenvalue weighted by molar-refractivity contribution is 0.242. The van der Waals surface area contributed by atoms with Gasteiger partial charge in [-0.05, 0) is 41.0 Å². The maximum absolute atomic E-state index is 5.72. The summed E-state index contributed by atoms with van der Waals surface area (Å²) in [4.78, 5) is 0. The molecule has 84 valence electrons. The smallest absolute Gasteiger partial charge is 0.133 e. The molecule has 0 spiro atoms. The summed E-state index contributed by atoms with van der Waals surface area (Å²) in [6.07, 6.45) is 2.28. The second-order valence-corrected chi connectivity index (χ2v) is 4.49. The quantitative estimate of drug-likeness (QED) is 0.863. The highest BCUT2D eigenvalue weighted by atomic mass is 79.9. The molecule has 0 bridgehead atoms. The van der Waals surface area contributed by atoms with E-state index in [4.69, 9.17) is 10.5 Å². The Labute approximate surface area is 99.9 Å². The fourth-order valence-electron chi connectivity index (χ4n) is 1.45. The predicted molar refractivity (Wildman–Crippen MR) is 67.1 cm³/mol. The first-order chi connectivity index (χ1) is 7.27. The second-order valence-electron chi connectivity index (χ2n) is 3.63. The molecule has 0 saturated heterocycles. The molecule has 0 aromatic heterocycles. The minimum Gasteiger partial charge on any atom is -0.492 e. The molecular weight excluding hydrogens is 254 g/mol. The highest BCUT2D eigenvalue weighted by Crippen LogP contribution is 2.24. The zero-order chi connectivity index (χ0) is 11.1. The molecule has 0 saturated carbocycles. The predicted octanol–water partition coefficient (Wildman–Crippen LogP) is 3.20. The Kier molecular flexibility index (Phi) is 5.73. The molecule has 0 heterocycles. The van der Waals surface area contributed by atoms with Gasteiger partial charge in [0.25, 0.3) is 0 Å². The molecule has 0 aliphatic heterocycles. The molecule has 1 aromatic rings. The van der Waals surface area contributed by atoms with Crippen LogP contribution in [-0.4, -0.2) is 13.2 Å². The number of hydrogen-bond acceptors (Lipinski definition) is 2. The molecule has 1 atom stereocenters. The Bertz CT molecular complexity index is 291. The first-order valence-corrected chi connectivity index (χ1v) is 6.14. The van der Waals surface area contributed by atoms with Gasteiger partial charge in [-0.25, -0.2) is 0 Å². The van der Waals surface area contributed by atoms with Crippen molar-refractivity contribution < 1.29 is 4.74 Å². The third-order valence-corrected chi connectivity index (χ3v) is 3.00. The normalized spacial score (nSPS) is 12.5. The van der Waals surface area contributed by atoms with Crippen LogP contribution in [0.3, 0.4) is 0 Å². The lowest BCUT2D eigenvalue weighted by Crippen LogP contribution is -2.21. The van der Waals surface area contributed by atoms with Crippen molar-refractivity contribution in [1.82, 2.24) is 0 Å². The Balaban J connectivity index is 2.45. The van der Waals surface area contributed by atoms with Crippen molar-refractivity contribution in [2.75, 3.05) is 13.2 Å². The molecule has 0 fully saturated rings. The molecule has 2 N–H and O–H groups in total. The van der Waals surface area contributed by atoms with E-state index in [-0.39, 0.29) is 0 Å². The zero-order valence-corrected chi connectivity index (χ0v) is 10.7. The SMILES string of the molecule is CCCC(CN)COc1ccccc1Br. The Hall–Kier alpha value is -0.540. The van der Waals surface area contributed by atoms with Crippen LogP contribution in [0.2, 0.25) is 0 Å². The highest BCUT2D eigenvalue weighted by Gasteiger charge is 2.07. The van der Waals surface area contributed by atoms with Crippen LogP contribution in [0.1, 0.15) is 19.8 Å². The fourth-order valence-corrected chi connectivity index (χ4v) is 1.85. The summed E-state index contributed by atoms with van der Waals surface area (Å²) in [5.74, 6) is 1.36. The van der Waals surface area contributed by atoms with Crippen molar-refractivity contribution in [3.63, 3.8) is 0 Å². The van der Waals surface area contributed by atoms with Crippen molar-refractivity contribution in [3.8, 4) is 5.75 Å². The fraction of sp³-hybridized carbons (Fsp3) is 0.500. The van der Waals surface area contributed by atoms with Crippen LogP contribution >= 0.6 is 15.9 Å². The minimum atomic E-state index is 0.460. The van der Waals surface area contributed by atoms with Crippen LogP contribution < -0.4 is 10.5 Å². The van der Waals surface area contributed by atoms with Gasteiger partial charge in [-0.2, -0.15) is 0 Å². The molecule has 1 unspecified atom stereocenters. The molecule has 1 aromatic carbocycles. The Morgan fingerprint density at radius 2 is 2.13 bits per heavy atom. The number of benzene rings is 1. The first kappa shape index (κ1) is 12.5. The summed E-state index contributed by atoms with van der Waals surface area (Å²) in [7, 11) is 0. The first-order valence-electron chi connectivity index (χ1n) is 5.35. The zero-order valence-electron chi connectivity index (χ0n) is 9.08. The minimum absolute atomic E-state index is 0.460. The van der Waals surface area contributed by atoms with E-state index >= 15 is 0 Å². The molecule has 0 radical (unpaired) electrons. The lowest BCUT2D eigenvalue weighted by Gasteiger charge is -2.15. The molecule has 0 aliphatic rings. The molecular formula is C12H18BrNO. The largest absolute Gasteiger partial charge is 0.492 e. The topological polar surface area (TPSA) is 35.2 Å². The van der Waals surface area contributed by atoms with Gasteiger partial charge in [0, 0.05) is 5.92 Å². The standard InChI is InChI=1S/C12H18BrNO/c1-2-5-10(8-14)9-15-12-7-4-3-6-11(12)13/h3-4,6-7,10H,2,5,8-9,14H2,1H3. The van der Waals surface area contributed by atoms with Crippen molar-refractivity contribution in [2.24, 2.45) is 11.7 Å². The van der Waals surface area contributed by atoms with Gasteiger partial charge in [0.05, 0.1) is 11.1 Å². The summed E-state index contributed by atoms with van der Waals surface area (Å²) < 4.78 is 6.71. The third-order valence-electron chi connectivity index (χ3n) is 2.34. The molecule has 3 heteroatoms. The number of halogens is 1. The van der Waals surface area contributed by atoms with Crippen molar-refractivity contribution in [2.45, 2.75) is 19.8 Å². The number of ether oxygens (including phenoxy) is 1. The highest BCUT2D eigenvalue weighted by molar-refractivity contribution is 9.10. The summed E-state index contributed by atoms with van der Waals surface area (Å²) in [5.41, 5.74) is 5.67. The molecule has 15 heavy (non-hydrogen) atoms. The lowest BCUT2D eigenvalue weighted by atomic mass is 10.1. The van der Waals surface area contributed by atoms with Crippen molar-refractivity contribution in [3.05, 3.63) is 28.7 Å². The van der Waals surface area contributed by atoms with Crippen LogP contribution in [0.15, 0.2) is 28.7 Å². The molecule has 0 amide bonds. The van der Waals surface area contributed by atoms with Gasteiger partial charge in [0.2, 0.25) is 0 Å². The monoisotopic (exact) mass is 271 g/mol. The molecule has 1 rings (SSSR count). The van der Waals surface area contributed by atoms with Crippen LogP contribution in [0.25, 0.3) is 0 Å². The number of hydrogen-bond donors (Lipinski definition) is 1. The van der Waals surface area contributed by atoms with E-state index in [1.54, 1.807) is 0 Å². The summed E-state index contributed by atoms with van der Waals surface area (Å²) in [6, 6.07) is 7.89. The Morgan fingerprint density at radius 3 is 2.73 bits per heavy atom. The van der Waals surface area contributed by atoms with Gasteiger partial charge < -0.3 is 10.5 Å². The van der Waals surface area contributed by atoms with Crippen LogP contribution in [-0.2, 0) is 0 Å². The summed E-state index contributed by atoms with van der Waals surface area (Å²) in [6.45, 7) is 3.56. The molecule has 0 aliphatic carbocycles. The summed E-state index contributed by atoms with van der Waals surface area (Å²) >= 11 is 3.45.